The Balaban J connectivity index is 4.10. The van der Waals surface area contributed by atoms with Crippen LogP contribution in [0.25, 0.3) is 0 Å². The minimum atomic E-state index is -3.99. The maximum absolute atomic E-state index is 10.5. The number of hydrogen-bond acceptors (Lipinski definition) is 3. The summed E-state index contributed by atoms with van der Waals surface area (Å²) in [6, 6.07) is -0.591. The molecule has 0 aromatic heterocycles. The van der Waals surface area contributed by atoms with Crippen LogP contribution in [0.15, 0.2) is 0 Å². The molecule has 68 valence electrons. The van der Waals surface area contributed by atoms with Crippen molar-refractivity contribution in [2.75, 3.05) is 6.16 Å². The van der Waals surface area contributed by atoms with Crippen LogP contribution in [0.1, 0.15) is 13.8 Å². The van der Waals surface area contributed by atoms with E-state index in [1.54, 1.807) is 13.8 Å². The van der Waals surface area contributed by atoms with E-state index in [9.17, 15) is 4.57 Å². The first-order valence-corrected chi connectivity index (χ1v) is 5.40. The molecule has 4 nitrogen and oxygen atoms in total. The lowest BCUT2D eigenvalue weighted by molar-refractivity contribution is 0.364. The highest BCUT2D eigenvalue weighted by atomic mass is 32.1. The molecular formula is C5H14NO3PS. The van der Waals surface area contributed by atoms with Crippen molar-refractivity contribution in [3.8, 4) is 0 Å². The zero-order valence-corrected chi connectivity index (χ0v) is 8.35. The van der Waals surface area contributed by atoms with E-state index in [-0.39, 0.29) is 6.16 Å². The first-order valence-electron chi connectivity index (χ1n) is 3.15. The molecule has 0 aliphatic rings. The van der Waals surface area contributed by atoms with Gasteiger partial charge in [0.25, 0.3) is 0 Å². The van der Waals surface area contributed by atoms with Crippen molar-refractivity contribution in [1.82, 2.24) is 0 Å². The molecular weight excluding hydrogens is 185 g/mol. The lowest BCUT2D eigenvalue weighted by Gasteiger charge is -2.25. The van der Waals surface area contributed by atoms with Crippen molar-refractivity contribution in [2.45, 2.75) is 24.6 Å². The minimum Gasteiger partial charge on any atom is -0.326 e. The summed E-state index contributed by atoms with van der Waals surface area (Å²) in [5.74, 6) is 0. The first kappa shape index (κ1) is 11.5. The van der Waals surface area contributed by atoms with Crippen LogP contribution >= 0.6 is 20.2 Å². The van der Waals surface area contributed by atoms with Gasteiger partial charge in [0.2, 0.25) is 0 Å². The Morgan fingerprint density at radius 1 is 1.64 bits per heavy atom. The van der Waals surface area contributed by atoms with Gasteiger partial charge in [-0.15, -0.1) is 0 Å². The Morgan fingerprint density at radius 2 is 2.00 bits per heavy atom. The van der Waals surface area contributed by atoms with Crippen LogP contribution in [0, 0.1) is 0 Å². The fourth-order valence-electron chi connectivity index (χ4n) is 0.480. The summed E-state index contributed by atoms with van der Waals surface area (Å²) in [7, 11) is -3.99. The van der Waals surface area contributed by atoms with Gasteiger partial charge in [0, 0.05) is 10.8 Å². The largest absolute Gasteiger partial charge is 0.327 e. The van der Waals surface area contributed by atoms with E-state index < -0.39 is 18.4 Å². The molecule has 0 saturated carbocycles. The molecule has 0 aromatic rings. The van der Waals surface area contributed by atoms with Crippen LogP contribution in [0.4, 0.5) is 0 Å². The van der Waals surface area contributed by atoms with E-state index >= 15 is 0 Å². The van der Waals surface area contributed by atoms with Crippen molar-refractivity contribution in [3.05, 3.63) is 0 Å². The molecule has 0 aromatic carbocycles. The zero-order chi connectivity index (χ0) is 9.28. The Morgan fingerprint density at radius 3 is 2.09 bits per heavy atom. The summed E-state index contributed by atoms with van der Waals surface area (Å²) in [6.07, 6.45) is -0.316. The molecule has 6 heteroatoms. The van der Waals surface area contributed by atoms with Crippen LogP contribution in [0.2, 0.25) is 0 Å². The van der Waals surface area contributed by atoms with Gasteiger partial charge in [0.05, 0.1) is 6.16 Å². The standard InChI is InChI=1S/C5H14NO3PS/c1-5(2,11)4(6)3-10(7,8)9/h4,11H,3,6H2,1-2H3,(H2,7,8,9). The highest BCUT2D eigenvalue weighted by Crippen LogP contribution is 2.37. The van der Waals surface area contributed by atoms with Crippen molar-refractivity contribution < 1.29 is 14.4 Å². The Bertz CT molecular complexity index is 173. The zero-order valence-electron chi connectivity index (χ0n) is 6.56. The quantitative estimate of drug-likeness (QED) is 0.386. The van der Waals surface area contributed by atoms with Gasteiger partial charge in [-0.2, -0.15) is 12.6 Å². The highest BCUT2D eigenvalue weighted by molar-refractivity contribution is 7.81. The molecule has 0 spiro atoms. The van der Waals surface area contributed by atoms with Crippen LogP contribution in [0.5, 0.6) is 0 Å². The van der Waals surface area contributed by atoms with Crippen molar-refractivity contribution in [2.24, 2.45) is 5.73 Å². The first-order chi connectivity index (χ1) is 4.63. The van der Waals surface area contributed by atoms with Crippen LogP contribution in [-0.2, 0) is 4.57 Å². The van der Waals surface area contributed by atoms with E-state index in [0.717, 1.165) is 0 Å². The number of thiol groups is 1. The van der Waals surface area contributed by atoms with Crippen molar-refractivity contribution >= 4 is 20.2 Å². The summed E-state index contributed by atoms with van der Waals surface area (Å²) >= 11 is 4.09. The minimum absolute atomic E-state index is 0.316. The van der Waals surface area contributed by atoms with Gasteiger partial charge >= 0.3 is 7.60 Å². The van der Waals surface area contributed by atoms with Gasteiger partial charge < -0.3 is 15.5 Å². The molecule has 0 aliphatic carbocycles. The molecule has 0 fully saturated rings. The Hall–Kier alpha value is 0.460. The predicted octanol–water partition coefficient (Wildman–Crippen LogP) is 0.200. The topological polar surface area (TPSA) is 83.6 Å². The van der Waals surface area contributed by atoms with Gasteiger partial charge in [-0.1, -0.05) is 0 Å². The van der Waals surface area contributed by atoms with E-state index in [1.165, 1.54) is 0 Å². The van der Waals surface area contributed by atoms with E-state index in [4.69, 9.17) is 15.5 Å². The van der Waals surface area contributed by atoms with Crippen molar-refractivity contribution in [3.63, 3.8) is 0 Å². The van der Waals surface area contributed by atoms with Crippen LogP contribution < -0.4 is 5.73 Å². The lowest BCUT2D eigenvalue weighted by atomic mass is 10.1. The smallest absolute Gasteiger partial charge is 0.326 e. The third-order valence-electron chi connectivity index (χ3n) is 1.34. The maximum atomic E-state index is 10.5. The number of nitrogens with two attached hydrogens (primary N) is 1. The molecule has 0 amide bonds. The molecule has 0 heterocycles. The SMILES string of the molecule is CC(C)(S)C(N)CP(=O)(O)O. The Kier molecular flexibility index (Phi) is 3.60. The second-order valence-electron chi connectivity index (χ2n) is 3.11. The fraction of sp³-hybridized carbons (Fsp3) is 1.00. The lowest BCUT2D eigenvalue weighted by Crippen LogP contribution is -2.41. The molecule has 0 radical (unpaired) electrons. The third-order valence-corrected chi connectivity index (χ3v) is 2.54. The average Bonchev–Trinajstić information content (AvgIpc) is 1.56. The molecule has 0 rings (SSSR count). The summed E-state index contributed by atoms with van der Waals surface area (Å²) in [5.41, 5.74) is 5.47. The van der Waals surface area contributed by atoms with E-state index in [2.05, 4.69) is 12.6 Å². The summed E-state index contributed by atoms with van der Waals surface area (Å²) in [6.45, 7) is 3.44. The highest BCUT2D eigenvalue weighted by Gasteiger charge is 2.28. The van der Waals surface area contributed by atoms with Gasteiger partial charge in [0.15, 0.2) is 0 Å². The van der Waals surface area contributed by atoms with Crippen molar-refractivity contribution in [1.29, 1.82) is 0 Å². The average molecular weight is 199 g/mol. The second kappa shape index (κ2) is 3.46. The maximum Gasteiger partial charge on any atom is 0.327 e. The van der Waals surface area contributed by atoms with Gasteiger partial charge in [0.1, 0.15) is 0 Å². The third kappa shape index (κ3) is 5.70. The van der Waals surface area contributed by atoms with Crippen LogP contribution in [0.3, 0.4) is 0 Å². The summed E-state index contributed by atoms with van der Waals surface area (Å²) in [4.78, 5) is 17.1. The van der Waals surface area contributed by atoms with Gasteiger partial charge in [-0.3, -0.25) is 4.57 Å². The predicted molar refractivity (Wildman–Crippen MR) is 48.0 cm³/mol. The summed E-state index contributed by atoms with van der Waals surface area (Å²) < 4.78 is 9.91. The van der Waals surface area contributed by atoms with Gasteiger partial charge in [-0.25, -0.2) is 0 Å². The molecule has 4 N–H and O–H groups in total. The number of rotatable bonds is 3. The monoisotopic (exact) mass is 199 g/mol. The molecule has 0 aliphatic heterocycles. The molecule has 1 unspecified atom stereocenters. The molecule has 11 heavy (non-hydrogen) atoms. The van der Waals surface area contributed by atoms with E-state index in [1.807, 2.05) is 0 Å². The fourth-order valence-corrected chi connectivity index (χ4v) is 1.68. The molecule has 1 atom stereocenters. The normalized spacial score (nSPS) is 16.5. The van der Waals surface area contributed by atoms with Crippen LogP contribution in [-0.4, -0.2) is 26.7 Å². The van der Waals surface area contributed by atoms with Gasteiger partial charge in [-0.05, 0) is 13.8 Å². The Labute approximate surface area is 71.7 Å². The number of hydrogen-bond donors (Lipinski definition) is 4. The molecule has 0 saturated heterocycles. The summed E-state index contributed by atoms with van der Waals surface area (Å²) in [5, 5.41) is 0. The molecule has 0 bridgehead atoms. The van der Waals surface area contributed by atoms with E-state index in [0.29, 0.717) is 0 Å². The second-order valence-corrected chi connectivity index (χ2v) is 5.95.